The van der Waals surface area contributed by atoms with E-state index in [1.165, 1.54) is 49.6 Å². The normalized spacial score (nSPS) is 17.5. The first-order valence-electron chi connectivity index (χ1n) is 9.61. The lowest BCUT2D eigenvalue weighted by Crippen LogP contribution is -2.30. The van der Waals surface area contributed by atoms with Gasteiger partial charge >= 0.3 is 0 Å². The number of Topliss-reactive ketones (excluding diaryl/α,β-unsaturated/α-hetero) is 1. The van der Waals surface area contributed by atoms with Crippen LogP contribution >= 0.6 is 11.6 Å². The number of nitrogens with zero attached hydrogens (tertiary/aromatic N) is 1. The number of phenols is 1. The number of hydrogen-bond donors (Lipinski definition) is 2. The number of amides is 1. The van der Waals surface area contributed by atoms with Gasteiger partial charge in [0.2, 0.25) is 0 Å². The topological polar surface area (TPSA) is 87.1 Å². The maximum absolute atomic E-state index is 14.6. The molecule has 0 radical (unpaired) electrons. The van der Waals surface area contributed by atoms with Gasteiger partial charge in [-0.2, -0.15) is 0 Å². The van der Waals surface area contributed by atoms with E-state index >= 15 is 0 Å². The summed E-state index contributed by atoms with van der Waals surface area (Å²) in [6.45, 7) is 0. The van der Waals surface area contributed by atoms with Crippen molar-refractivity contribution >= 4 is 34.7 Å². The third-order valence-corrected chi connectivity index (χ3v) is 5.54. The number of anilines is 1. The van der Waals surface area contributed by atoms with Gasteiger partial charge in [0.1, 0.15) is 28.9 Å². The van der Waals surface area contributed by atoms with Gasteiger partial charge in [0.25, 0.3) is 11.7 Å². The van der Waals surface area contributed by atoms with Gasteiger partial charge in [-0.3, -0.25) is 14.5 Å². The fraction of sp³-hybridized carbons (Fsp3) is 0.0833. The first kappa shape index (κ1) is 22.3. The molecule has 6 nitrogen and oxygen atoms in total. The number of aliphatic hydroxyl groups is 1. The summed E-state index contributed by atoms with van der Waals surface area (Å²) < 4.78 is 33.2. The predicted molar refractivity (Wildman–Crippen MR) is 117 cm³/mol. The second-order valence-corrected chi connectivity index (χ2v) is 7.61. The van der Waals surface area contributed by atoms with Crippen LogP contribution in [0, 0.1) is 11.6 Å². The molecule has 4 rings (SSSR count). The Bertz CT molecular complexity index is 1310. The molecule has 3 aromatic rings. The molecule has 1 aliphatic heterocycles. The molecule has 9 heteroatoms. The summed E-state index contributed by atoms with van der Waals surface area (Å²) in [5.41, 5.74) is -0.238. The number of halogens is 3. The third-order valence-electron chi connectivity index (χ3n) is 5.25. The van der Waals surface area contributed by atoms with Crippen molar-refractivity contribution in [2.45, 2.75) is 6.04 Å². The molecule has 1 atom stereocenters. The Balaban J connectivity index is 1.96. The largest absolute Gasteiger partial charge is 0.508 e. The first-order chi connectivity index (χ1) is 15.7. The van der Waals surface area contributed by atoms with Gasteiger partial charge in [-0.1, -0.05) is 23.7 Å². The molecule has 0 bridgehead atoms. The SMILES string of the molecule is COc1ccc(/C(O)=C2\C(=O)C(=O)N(c3ccc(F)cc3F)C2c2ccc(O)cc2)cc1Cl. The van der Waals surface area contributed by atoms with E-state index in [1.54, 1.807) is 0 Å². The van der Waals surface area contributed by atoms with E-state index in [4.69, 9.17) is 16.3 Å². The van der Waals surface area contributed by atoms with E-state index in [-0.39, 0.29) is 27.6 Å². The van der Waals surface area contributed by atoms with Crippen molar-refractivity contribution in [3.63, 3.8) is 0 Å². The summed E-state index contributed by atoms with van der Waals surface area (Å²) >= 11 is 6.14. The van der Waals surface area contributed by atoms with E-state index in [0.717, 1.165) is 17.0 Å². The maximum atomic E-state index is 14.6. The monoisotopic (exact) mass is 471 g/mol. The molecule has 0 spiro atoms. The van der Waals surface area contributed by atoms with Crippen LogP contribution in [0.1, 0.15) is 17.2 Å². The summed E-state index contributed by atoms with van der Waals surface area (Å²) in [5.74, 6) is -4.39. The van der Waals surface area contributed by atoms with Gasteiger partial charge in [0, 0.05) is 11.6 Å². The third kappa shape index (κ3) is 3.89. The smallest absolute Gasteiger partial charge is 0.300 e. The second kappa shape index (κ2) is 8.55. The van der Waals surface area contributed by atoms with Gasteiger partial charge in [-0.05, 0) is 48.0 Å². The summed E-state index contributed by atoms with van der Waals surface area (Å²) in [6.07, 6.45) is 0. The average Bonchev–Trinajstić information content (AvgIpc) is 3.04. The fourth-order valence-electron chi connectivity index (χ4n) is 3.70. The van der Waals surface area contributed by atoms with Crippen LogP contribution in [0.4, 0.5) is 14.5 Å². The number of aromatic hydroxyl groups is 1. The molecule has 2 N–H and O–H groups in total. The summed E-state index contributed by atoms with van der Waals surface area (Å²) in [7, 11) is 1.41. The minimum absolute atomic E-state index is 0.0781. The Morgan fingerprint density at radius 1 is 1.03 bits per heavy atom. The Kier molecular flexibility index (Phi) is 5.78. The number of benzene rings is 3. The number of aliphatic hydroxyl groups excluding tert-OH is 1. The fourth-order valence-corrected chi connectivity index (χ4v) is 3.96. The standard InChI is InChI=1S/C24H16ClF2NO5/c1-33-19-9-4-13(10-16(19)25)22(30)20-21(12-2-6-15(29)7-3-12)28(24(32)23(20)31)18-8-5-14(26)11-17(18)27/h2-11,21,29-30H,1H3/b22-20+. The minimum atomic E-state index is -1.26. The molecule has 3 aromatic carbocycles. The number of methoxy groups -OCH3 is 1. The van der Waals surface area contributed by atoms with Crippen molar-refractivity contribution in [3.8, 4) is 11.5 Å². The molecule has 1 heterocycles. The van der Waals surface area contributed by atoms with Gasteiger partial charge in [-0.15, -0.1) is 0 Å². The summed E-state index contributed by atoms with van der Waals surface area (Å²) in [6, 6.07) is 11.1. The van der Waals surface area contributed by atoms with E-state index in [9.17, 15) is 28.6 Å². The molecule has 33 heavy (non-hydrogen) atoms. The van der Waals surface area contributed by atoms with Gasteiger partial charge in [0.15, 0.2) is 0 Å². The lowest BCUT2D eigenvalue weighted by molar-refractivity contribution is -0.132. The van der Waals surface area contributed by atoms with Crippen LogP contribution in [-0.2, 0) is 9.59 Å². The zero-order valence-electron chi connectivity index (χ0n) is 17.1. The highest BCUT2D eigenvalue weighted by Gasteiger charge is 2.47. The highest BCUT2D eigenvalue weighted by Crippen LogP contribution is 2.43. The van der Waals surface area contributed by atoms with Crippen molar-refractivity contribution in [2.75, 3.05) is 12.0 Å². The van der Waals surface area contributed by atoms with Crippen molar-refractivity contribution in [2.24, 2.45) is 0 Å². The van der Waals surface area contributed by atoms with Crippen LogP contribution in [0.15, 0.2) is 66.2 Å². The number of ketones is 1. The lowest BCUT2D eigenvalue weighted by Gasteiger charge is -2.25. The van der Waals surface area contributed by atoms with Gasteiger partial charge in [-0.25, -0.2) is 8.78 Å². The molecule has 0 saturated carbocycles. The average molecular weight is 472 g/mol. The van der Waals surface area contributed by atoms with Crippen LogP contribution in [-0.4, -0.2) is 29.0 Å². The van der Waals surface area contributed by atoms with Crippen LogP contribution in [0.25, 0.3) is 5.76 Å². The molecule has 1 saturated heterocycles. The Labute approximate surface area is 191 Å². The highest BCUT2D eigenvalue weighted by molar-refractivity contribution is 6.51. The zero-order valence-corrected chi connectivity index (χ0v) is 17.8. The predicted octanol–water partition coefficient (Wildman–Crippen LogP) is 4.96. The Morgan fingerprint density at radius 2 is 1.73 bits per heavy atom. The number of rotatable bonds is 4. The van der Waals surface area contributed by atoms with Crippen molar-refractivity contribution in [1.29, 1.82) is 0 Å². The number of carbonyl (C=O) groups is 2. The minimum Gasteiger partial charge on any atom is -0.508 e. The number of phenolic OH excluding ortho intramolecular Hbond substituents is 1. The van der Waals surface area contributed by atoms with Crippen LogP contribution in [0.2, 0.25) is 5.02 Å². The molecular weight excluding hydrogens is 456 g/mol. The van der Waals surface area contributed by atoms with Crippen molar-refractivity contribution in [3.05, 3.63) is 94.0 Å². The Morgan fingerprint density at radius 3 is 2.33 bits per heavy atom. The molecule has 1 fully saturated rings. The quantitative estimate of drug-likeness (QED) is 0.319. The number of ether oxygens (including phenoxy) is 1. The lowest BCUT2D eigenvalue weighted by atomic mass is 9.95. The molecular formula is C24H16ClF2NO5. The van der Waals surface area contributed by atoms with Crippen molar-refractivity contribution in [1.82, 2.24) is 0 Å². The molecule has 1 aliphatic rings. The highest BCUT2D eigenvalue weighted by atomic mass is 35.5. The summed E-state index contributed by atoms with van der Waals surface area (Å²) in [4.78, 5) is 26.9. The molecule has 168 valence electrons. The van der Waals surface area contributed by atoms with Crippen LogP contribution < -0.4 is 9.64 Å². The maximum Gasteiger partial charge on any atom is 0.300 e. The van der Waals surface area contributed by atoms with E-state index in [1.807, 2.05) is 0 Å². The van der Waals surface area contributed by atoms with E-state index in [0.29, 0.717) is 17.4 Å². The molecule has 0 aromatic heterocycles. The van der Waals surface area contributed by atoms with E-state index < -0.39 is 35.1 Å². The molecule has 1 amide bonds. The van der Waals surface area contributed by atoms with Crippen molar-refractivity contribution < 1.29 is 33.3 Å². The Hall–Kier alpha value is -3.91. The van der Waals surface area contributed by atoms with Crippen LogP contribution in [0.5, 0.6) is 11.5 Å². The second-order valence-electron chi connectivity index (χ2n) is 7.21. The van der Waals surface area contributed by atoms with Gasteiger partial charge < -0.3 is 14.9 Å². The van der Waals surface area contributed by atoms with Gasteiger partial charge in [0.05, 0.1) is 29.4 Å². The zero-order chi connectivity index (χ0) is 23.9. The number of hydrogen-bond acceptors (Lipinski definition) is 5. The summed E-state index contributed by atoms with van der Waals surface area (Å²) in [5, 5.41) is 20.8. The van der Waals surface area contributed by atoms with E-state index in [2.05, 4.69) is 0 Å². The molecule has 0 aliphatic carbocycles. The van der Waals surface area contributed by atoms with Crippen LogP contribution in [0.3, 0.4) is 0 Å². The molecule has 1 unspecified atom stereocenters. The number of carbonyl (C=O) groups excluding carboxylic acids is 2. The first-order valence-corrected chi connectivity index (χ1v) is 9.99.